The van der Waals surface area contributed by atoms with Gasteiger partial charge < -0.3 is 10.2 Å². The van der Waals surface area contributed by atoms with Gasteiger partial charge in [-0.1, -0.05) is 0 Å². The van der Waals surface area contributed by atoms with Gasteiger partial charge in [0, 0.05) is 5.56 Å². The summed E-state index contributed by atoms with van der Waals surface area (Å²) in [5.74, 6) is -0.0931. The van der Waals surface area contributed by atoms with Crippen molar-refractivity contribution in [3.8, 4) is 11.5 Å². The molecule has 0 aliphatic rings. The molecule has 5 heteroatoms. The fraction of sp³-hybridized carbons (Fsp3) is 0. The first-order chi connectivity index (χ1) is 9.15. The van der Waals surface area contributed by atoms with Crippen LogP contribution in [-0.4, -0.2) is 22.3 Å². The number of hydrazone groups is 1. The van der Waals surface area contributed by atoms with Crippen LogP contribution in [0.5, 0.6) is 11.5 Å². The molecule has 5 nitrogen and oxygen atoms in total. The molecule has 0 spiro atoms. The highest BCUT2D eigenvalue weighted by Gasteiger charge is 2.02. The third-order valence-electron chi connectivity index (χ3n) is 2.40. The number of nitrogens with one attached hydrogen (secondary N) is 1. The third kappa shape index (κ3) is 3.57. The van der Waals surface area contributed by atoms with Crippen LogP contribution in [0.25, 0.3) is 0 Å². The second-order valence-electron chi connectivity index (χ2n) is 3.84. The number of amides is 1. The van der Waals surface area contributed by atoms with Crippen LogP contribution in [0.3, 0.4) is 0 Å². The Morgan fingerprint density at radius 3 is 2.05 bits per heavy atom. The standard InChI is InChI=1S/C14H12N2O3/c17-12-5-1-10(2-6-12)9-15-16-14(19)11-3-7-13(18)8-4-11/h1-9,17-18H,(H,16,19)/b15-9-. The molecule has 0 fully saturated rings. The van der Waals surface area contributed by atoms with Crippen molar-refractivity contribution in [1.82, 2.24) is 5.43 Å². The number of aromatic hydroxyl groups is 2. The van der Waals surface area contributed by atoms with E-state index >= 15 is 0 Å². The van der Waals surface area contributed by atoms with Gasteiger partial charge in [-0.25, -0.2) is 5.43 Å². The molecule has 3 N–H and O–H groups in total. The van der Waals surface area contributed by atoms with Crippen LogP contribution in [0.15, 0.2) is 53.6 Å². The minimum absolute atomic E-state index is 0.101. The van der Waals surface area contributed by atoms with Crippen LogP contribution in [0, 0.1) is 0 Å². The molecular weight excluding hydrogens is 244 g/mol. The summed E-state index contributed by atoms with van der Waals surface area (Å²) in [7, 11) is 0. The van der Waals surface area contributed by atoms with Crippen molar-refractivity contribution < 1.29 is 15.0 Å². The Kier molecular flexibility index (Phi) is 3.78. The van der Waals surface area contributed by atoms with Gasteiger partial charge in [0.25, 0.3) is 5.91 Å². The number of phenolic OH excluding ortho intramolecular Hbond substituents is 2. The van der Waals surface area contributed by atoms with Crippen molar-refractivity contribution in [2.75, 3.05) is 0 Å². The molecule has 0 aliphatic carbocycles. The van der Waals surface area contributed by atoms with Gasteiger partial charge in [0.2, 0.25) is 0 Å². The summed E-state index contributed by atoms with van der Waals surface area (Å²) < 4.78 is 0. The number of carbonyl (C=O) groups is 1. The summed E-state index contributed by atoms with van der Waals surface area (Å²) in [6, 6.07) is 12.3. The van der Waals surface area contributed by atoms with E-state index in [0.29, 0.717) is 5.56 Å². The average molecular weight is 256 g/mol. The molecule has 2 rings (SSSR count). The number of benzene rings is 2. The van der Waals surface area contributed by atoms with E-state index in [9.17, 15) is 4.79 Å². The van der Waals surface area contributed by atoms with Crippen molar-refractivity contribution in [2.45, 2.75) is 0 Å². The van der Waals surface area contributed by atoms with E-state index in [1.54, 1.807) is 12.1 Å². The molecule has 0 saturated heterocycles. The summed E-state index contributed by atoms with van der Waals surface area (Å²) in [6.45, 7) is 0. The molecule has 0 radical (unpaired) electrons. The van der Waals surface area contributed by atoms with Gasteiger partial charge in [0.1, 0.15) is 11.5 Å². The Morgan fingerprint density at radius 2 is 1.47 bits per heavy atom. The van der Waals surface area contributed by atoms with Crippen LogP contribution in [0.1, 0.15) is 15.9 Å². The predicted octanol–water partition coefficient (Wildman–Crippen LogP) is 1.86. The Hall–Kier alpha value is -2.82. The fourth-order valence-electron chi connectivity index (χ4n) is 1.40. The molecule has 0 unspecified atom stereocenters. The molecular formula is C14H12N2O3. The highest BCUT2D eigenvalue weighted by Crippen LogP contribution is 2.09. The van der Waals surface area contributed by atoms with Gasteiger partial charge in [-0.15, -0.1) is 0 Å². The zero-order valence-corrected chi connectivity index (χ0v) is 9.95. The molecule has 1 amide bonds. The van der Waals surface area contributed by atoms with Gasteiger partial charge in [-0.3, -0.25) is 4.79 Å². The smallest absolute Gasteiger partial charge is 0.271 e. The Balaban J connectivity index is 1.96. The second kappa shape index (κ2) is 5.68. The first-order valence-corrected chi connectivity index (χ1v) is 5.56. The zero-order valence-electron chi connectivity index (χ0n) is 9.95. The van der Waals surface area contributed by atoms with E-state index in [0.717, 1.165) is 5.56 Å². The van der Waals surface area contributed by atoms with Crippen molar-refractivity contribution in [1.29, 1.82) is 0 Å². The average Bonchev–Trinajstić information content (AvgIpc) is 2.41. The lowest BCUT2D eigenvalue weighted by atomic mass is 10.2. The minimum Gasteiger partial charge on any atom is -0.508 e. The number of hydrogen-bond donors (Lipinski definition) is 3. The first-order valence-electron chi connectivity index (χ1n) is 5.56. The number of rotatable bonds is 3. The fourth-order valence-corrected chi connectivity index (χ4v) is 1.40. The maximum absolute atomic E-state index is 11.7. The summed E-state index contributed by atoms with van der Waals surface area (Å²) in [5, 5.41) is 22.0. The number of phenols is 2. The second-order valence-corrected chi connectivity index (χ2v) is 3.84. The third-order valence-corrected chi connectivity index (χ3v) is 2.40. The van der Waals surface area contributed by atoms with Crippen LogP contribution >= 0.6 is 0 Å². The quantitative estimate of drug-likeness (QED) is 0.579. The molecule has 0 aliphatic heterocycles. The van der Waals surface area contributed by atoms with E-state index in [1.165, 1.54) is 42.6 Å². The van der Waals surface area contributed by atoms with E-state index in [1.807, 2.05) is 0 Å². The SMILES string of the molecule is O=C(N/N=C\c1ccc(O)cc1)c1ccc(O)cc1. The molecule has 96 valence electrons. The van der Waals surface area contributed by atoms with Crippen molar-refractivity contribution >= 4 is 12.1 Å². The molecule has 0 bridgehead atoms. The van der Waals surface area contributed by atoms with Crippen LogP contribution in [0.4, 0.5) is 0 Å². The van der Waals surface area contributed by atoms with Crippen molar-refractivity contribution in [3.63, 3.8) is 0 Å². The topological polar surface area (TPSA) is 81.9 Å². The maximum Gasteiger partial charge on any atom is 0.271 e. The lowest BCUT2D eigenvalue weighted by molar-refractivity contribution is 0.0955. The number of hydrogen-bond acceptors (Lipinski definition) is 4. The largest absolute Gasteiger partial charge is 0.508 e. The zero-order chi connectivity index (χ0) is 13.7. The molecule has 0 saturated carbocycles. The molecule has 0 atom stereocenters. The number of carbonyl (C=O) groups excluding carboxylic acids is 1. The summed E-state index contributed by atoms with van der Waals surface area (Å²) in [5.41, 5.74) is 3.52. The van der Waals surface area contributed by atoms with Gasteiger partial charge in [-0.2, -0.15) is 5.10 Å². The van der Waals surface area contributed by atoms with E-state index in [-0.39, 0.29) is 17.4 Å². The van der Waals surface area contributed by atoms with Gasteiger partial charge in [0.05, 0.1) is 6.21 Å². The Morgan fingerprint density at radius 1 is 0.947 bits per heavy atom. The van der Waals surface area contributed by atoms with Gasteiger partial charge in [0.15, 0.2) is 0 Å². The van der Waals surface area contributed by atoms with Crippen molar-refractivity contribution in [3.05, 3.63) is 59.7 Å². The van der Waals surface area contributed by atoms with Crippen LogP contribution < -0.4 is 5.43 Å². The molecule has 2 aromatic rings. The molecule has 2 aromatic carbocycles. The van der Waals surface area contributed by atoms with E-state index < -0.39 is 0 Å². The molecule has 0 aromatic heterocycles. The number of nitrogens with zero attached hydrogens (tertiary/aromatic N) is 1. The lowest BCUT2D eigenvalue weighted by Gasteiger charge is -1.99. The van der Waals surface area contributed by atoms with Gasteiger partial charge >= 0.3 is 0 Å². The summed E-state index contributed by atoms with van der Waals surface area (Å²) >= 11 is 0. The predicted molar refractivity (Wildman–Crippen MR) is 71.3 cm³/mol. The normalized spacial score (nSPS) is 10.5. The van der Waals surface area contributed by atoms with E-state index in [4.69, 9.17) is 10.2 Å². The lowest BCUT2D eigenvalue weighted by Crippen LogP contribution is -2.17. The maximum atomic E-state index is 11.7. The van der Waals surface area contributed by atoms with Gasteiger partial charge in [-0.05, 0) is 54.1 Å². The van der Waals surface area contributed by atoms with E-state index in [2.05, 4.69) is 10.5 Å². The van der Waals surface area contributed by atoms with Crippen molar-refractivity contribution in [2.24, 2.45) is 5.10 Å². The van der Waals surface area contributed by atoms with Crippen LogP contribution in [-0.2, 0) is 0 Å². The minimum atomic E-state index is -0.366. The summed E-state index contributed by atoms with van der Waals surface area (Å²) in [4.78, 5) is 11.7. The summed E-state index contributed by atoms with van der Waals surface area (Å²) in [6.07, 6.45) is 1.47. The Labute approximate surface area is 109 Å². The monoisotopic (exact) mass is 256 g/mol. The van der Waals surface area contributed by atoms with Crippen LogP contribution in [0.2, 0.25) is 0 Å². The highest BCUT2D eigenvalue weighted by atomic mass is 16.3. The Bertz CT molecular complexity index is 589. The highest BCUT2D eigenvalue weighted by molar-refractivity contribution is 5.94. The molecule has 19 heavy (non-hydrogen) atoms. The first kappa shape index (κ1) is 12.6. The molecule has 0 heterocycles.